The highest BCUT2D eigenvalue weighted by molar-refractivity contribution is 5.86. The standard InChI is InChI=1S/C35H43N3O7/c1-23-20-44-33(42)30(37-34(43)45-21-29-27-14-7-5-12-25(27)26-13-6-8-15-28(26)29)16-4-2-3-11-24(32(41)36-23)19-31(40)38-35(22-39)17-9-10-18-35/h2-3,5-8,12-15,23-24,29-30,39H,4,9-11,16-22H2,1H3,(H,36,41)(H,37,43)(H,38,40)/t23-,24+,30-/m0/s1. The second-order valence-corrected chi connectivity index (χ2v) is 12.4. The smallest absolute Gasteiger partial charge is 0.407 e. The van der Waals surface area contributed by atoms with Crippen LogP contribution < -0.4 is 16.0 Å². The third kappa shape index (κ3) is 7.92. The number of ether oxygens (including phenoxy) is 2. The molecule has 10 nitrogen and oxygen atoms in total. The van der Waals surface area contributed by atoms with Gasteiger partial charge in [0, 0.05) is 12.3 Å². The zero-order valence-electron chi connectivity index (χ0n) is 25.8. The Balaban J connectivity index is 1.18. The monoisotopic (exact) mass is 617 g/mol. The lowest BCUT2D eigenvalue weighted by Crippen LogP contribution is -2.50. The number of allylic oxidation sites excluding steroid dienone is 2. The molecule has 1 heterocycles. The molecule has 0 radical (unpaired) electrons. The quantitative estimate of drug-likeness (QED) is 0.271. The van der Waals surface area contributed by atoms with Gasteiger partial charge in [0.2, 0.25) is 11.8 Å². The number of esters is 1. The molecule has 0 bridgehead atoms. The van der Waals surface area contributed by atoms with Crippen molar-refractivity contribution in [1.29, 1.82) is 0 Å². The SMILES string of the molecule is C[C@H]1COC(=O)[C@@H](NC(=O)OCC2c3ccccc3-c3ccccc32)CCC=CC[C@H](CC(=O)NC2(CO)CCCC2)C(=O)N1. The van der Waals surface area contributed by atoms with Crippen LogP contribution in [0.5, 0.6) is 0 Å². The maximum absolute atomic E-state index is 13.1. The molecule has 2 aliphatic carbocycles. The number of aliphatic hydroxyl groups excluding tert-OH is 1. The number of aliphatic hydroxyl groups is 1. The molecule has 0 unspecified atom stereocenters. The van der Waals surface area contributed by atoms with Gasteiger partial charge in [-0.1, -0.05) is 73.5 Å². The summed E-state index contributed by atoms with van der Waals surface area (Å²) in [4.78, 5) is 51.9. The van der Waals surface area contributed by atoms with Crippen LogP contribution in [0.25, 0.3) is 11.1 Å². The Labute approximate surface area is 263 Å². The van der Waals surface area contributed by atoms with Gasteiger partial charge in [-0.2, -0.15) is 0 Å². The van der Waals surface area contributed by atoms with Gasteiger partial charge in [0.25, 0.3) is 0 Å². The lowest BCUT2D eigenvalue weighted by molar-refractivity contribution is -0.147. The van der Waals surface area contributed by atoms with Gasteiger partial charge in [0.15, 0.2) is 0 Å². The Bertz CT molecular complexity index is 1370. The predicted molar refractivity (Wildman–Crippen MR) is 168 cm³/mol. The highest BCUT2D eigenvalue weighted by atomic mass is 16.6. The molecule has 2 aromatic rings. The first-order valence-electron chi connectivity index (χ1n) is 15.9. The molecular formula is C35H43N3O7. The Morgan fingerprint density at radius 3 is 2.36 bits per heavy atom. The topological polar surface area (TPSA) is 143 Å². The molecule has 45 heavy (non-hydrogen) atoms. The third-order valence-corrected chi connectivity index (χ3v) is 9.06. The van der Waals surface area contributed by atoms with Crippen LogP contribution in [0.2, 0.25) is 0 Å². The van der Waals surface area contributed by atoms with Gasteiger partial charge in [-0.15, -0.1) is 0 Å². The Morgan fingerprint density at radius 1 is 1.02 bits per heavy atom. The minimum absolute atomic E-state index is 0.0175. The van der Waals surface area contributed by atoms with Gasteiger partial charge in [-0.3, -0.25) is 9.59 Å². The number of fused-ring (bicyclic) bond motifs is 3. The van der Waals surface area contributed by atoms with Gasteiger partial charge in [-0.25, -0.2) is 9.59 Å². The number of alkyl carbamates (subject to hydrolysis) is 1. The molecule has 1 fully saturated rings. The van der Waals surface area contributed by atoms with Crippen molar-refractivity contribution in [2.24, 2.45) is 5.92 Å². The van der Waals surface area contributed by atoms with Gasteiger partial charge < -0.3 is 30.5 Å². The van der Waals surface area contributed by atoms with Gasteiger partial charge in [0.05, 0.1) is 24.1 Å². The summed E-state index contributed by atoms with van der Waals surface area (Å²) in [5.74, 6) is -1.92. The van der Waals surface area contributed by atoms with Crippen molar-refractivity contribution in [3.05, 3.63) is 71.8 Å². The molecule has 0 spiro atoms. The number of carbonyl (C=O) groups excluding carboxylic acids is 4. The summed E-state index contributed by atoms with van der Waals surface area (Å²) in [7, 11) is 0. The maximum Gasteiger partial charge on any atom is 0.407 e. The first-order chi connectivity index (χ1) is 21.8. The fraction of sp³-hybridized carbons (Fsp3) is 0.486. The van der Waals surface area contributed by atoms with Crippen molar-refractivity contribution in [3.63, 3.8) is 0 Å². The second kappa shape index (κ2) is 14.7. The van der Waals surface area contributed by atoms with E-state index in [0.717, 1.165) is 47.9 Å². The largest absolute Gasteiger partial charge is 0.462 e. The highest BCUT2D eigenvalue weighted by Gasteiger charge is 2.36. The van der Waals surface area contributed by atoms with E-state index in [1.54, 1.807) is 6.92 Å². The summed E-state index contributed by atoms with van der Waals surface area (Å²) in [5.41, 5.74) is 3.83. The number of amides is 3. The summed E-state index contributed by atoms with van der Waals surface area (Å²) in [6.45, 7) is 1.63. The van der Waals surface area contributed by atoms with E-state index < -0.39 is 35.6 Å². The molecular weight excluding hydrogens is 574 g/mol. The van der Waals surface area contributed by atoms with Gasteiger partial charge in [0.1, 0.15) is 19.3 Å². The number of nitrogens with one attached hydrogen (secondary N) is 3. The molecule has 5 rings (SSSR count). The van der Waals surface area contributed by atoms with E-state index in [0.29, 0.717) is 12.8 Å². The van der Waals surface area contributed by atoms with Crippen LogP contribution in [0.15, 0.2) is 60.7 Å². The first kappa shape index (κ1) is 32.2. The second-order valence-electron chi connectivity index (χ2n) is 12.4. The number of benzene rings is 2. The van der Waals surface area contributed by atoms with Gasteiger partial charge in [-0.05, 0) is 61.3 Å². The minimum Gasteiger partial charge on any atom is -0.462 e. The Kier molecular flexibility index (Phi) is 10.5. The predicted octanol–water partition coefficient (Wildman–Crippen LogP) is 4.11. The number of hydrogen-bond donors (Lipinski definition) is 4. The Morgan fingerprint density at radius 2 is 1.69 bits per heavy atom. The molecule has 240 valence electrons. The fourth-order valence-corrected chi connectivity index (χ4v) is 6.61. The van der Waals surface area contributed by atoms with Crippen LogP contribution in [-0.2, 0) is 23.9 Å². The van der Waals surface area contributed by atoms with Crippen molar-refractivity contribution in [3.8, 4) is 11.1 Å². The molecule has 0 aromatic heterocycles. The number of hydrogen-bond acceptors (Lipinski definition) is 7. The number of carbonyl (C=O) groups is 4. The summed E-state index contributed by atoms with van der Waals surface area (Å²) < 4.78 is 11.1. The average Bonchev–Trinajstić information content (AvgIpc) is 3.63. The lowest BCUT2D eigenvalue weighted by atomic mass is 9.95. The zero-order chi connectivity index (χ0) is 31.8. The van der Waals surface area contributed by atoms with Crippen molar-refractivity contribution in [2.45, 2.75) is 81.8 Å². The number of cyclic esters (lactones) is 1. The van der Waals surface area contributed by atoms with Crippen LogP contribution in [0.4, 0.5) is 4.79 Å². The molecule has 3 atom stereocenters. The molecule has 2 aromatic carbocycles. The van der Waals surface area contributed by atoms with Crippen molar-refractivity contribution >= 4 is 23.9 Å². The van der Waals surface area contributed by atoms with E-state index >= 15 is 0 Å². The normalized spacial score (nSPS) is 23.3. The van der Waals surface area contributed by atoms with Gasteiger partial charge >= 0.3 is 12.1 Å². The van der Waals surface area contributed by atoms with Crippen LogP contribution in [0.3, 0.4) is 0 Å². The molecule has 4 N–H and O–H groups in total. The highest BCUT2D eigenvalue weighted by Crippen LogP contribution is 2.44. The fourth-order valence-electron chi connectivity index (χ4n) is 6.61. The molecule has 1 saturated carbocycles. The lowest BCUT2D eigenvalue weighted by Gasteiger charge is -2.29. The van der Waals surface area contributed by atoms with E-state index in [4.69, 9.17) is 9.47 Å². The van der Waals surface area contributed by atoms with Crippen molar-refractivity contribution in [1.82, 2.24) is 16.0 Å². The van der Waals surface area contributed by atoms with E-state index in [-0.39, 0.29) is 50.4 Å². The molecule has 10 heteroatoms. The van der Waals surface area contributed by atoms with Crippen molar-refractivity contribution < 1.29 is 33.8 Å². The summed E-state index contributed by atoms with van der Waals surface area (Å²) in [6, 6.07) is 14.7. The van der Waals surface area contributed by atoms with Crippen LogP contribution in [0, 0.1) is 5.92 Å². The van der Waals surface area contributed by atoms with E-state index in [1.165, 1.54) is 0 Å². The zero-order valence-corrected chi connectivity index (χ0v) is 25.8. The van der Waals surface area contributed by atoms with Crippen LogP contribution in [-0.4, -0.2) is 66.4 Å². The minimum atomic E-state index is -0.934. The summed E-state index contributed by atoms with van der Waals surface area (Å²) in [6.07, 6.45) is 7.32. The van der Waals surface area contributed by atoms with Crippen LogP contribution >= 0.6 is 0 Å². The molecule has 0 saturated heterocycles. The third-order valence-electron chi connectivity index (χ3n) is 9.06. The maximum atomic E-state index is 13.1. The summed E-state index contributed by atoms with van der Waals surface area (Å²) >= 11 is 0. The van der Waals surface area contributed by atoms with E-state index in [2.05, 4.69) is 28.1 Å². The van der Waals surface area contributed by atoms with E-state index in [9.17, 15) is 24.3 Å². The van der Waals surface area contributed by atoms with Crippen molar-refractivity contribution in [2.75, 3.05) is 19.8 Å². The molecule has 3 amide bonds. The van der Waals surface area contributed by atoms with E-state index in [1.807, 2.05) is 48.6 Å². The van der Waals surface area contributed by atoms with Crippen LogP contribution in [0.1, 0.15) is 75.3 Å². The molecule has 3 aliphatic rings. The summed E-state index contributed by atoms with van der Waals surface area (Å²) in [5, 5.41) is 18.4. The molecule has 1 aliphatic heterocycles. The average molecular weight is 618 g/mol. The first-order valence-corrected chi connectivity index (χ1v) is 15.9. The Hall–Kier alpha value is -4.18. The number of rotatable bonds is 7.